The number of carbonyl (C=O) groups excluding carboxylic acids is 1. The van der Waals surface area contributed by atoms with E-state index in [1.807, 2.05) is 12.2 Å². The molecule has 2 atom stereocenters. The highest BCUT2D eigenvalue weighted by Crippen LogP contribution is 2.08. The molecule has 0 radical (unpaired) electrons. The molecule has 13 heavy (non-hydrogen) atoms. The molecule has 0 saturated heterocycles. The molecule has 0 aromatic carbocycles. The van der Waals surface area contributed by atoms with E-state index in [0.717, 1.165) is 19.3 Å². The Morgan fingerprint density at radius 1 is 1.77 bits per heavy atom. The van der Waals surface area contributed by atoms with Crippen LogP contribution in [-0.4, -0.2) is 23.2 Å². The van der Waals surface area contributed by atoms with Gasteiger partial charge >= 0.3 is 0 Å². The van der Waals surface area contributed by atoms with Gasteiger partial charge in [-0.3, -0.25) is 4.79 Å². The lowest BCUT2D eigenvalue weighted by Gasteiger charge is -2.18. The van der Waals surface area contributed by atoms with Crippen LogP contribution in [0.4, 0.5) is 0 Å². The predicted molar refractivity (Wildman–Crippen MR) is 51.2 cm³/mol. The summed E-state index contributed by atoms with van der Waals surface area (Å²) in [6.07, 6.45) is 6.89. The Balaban J connectivity index is 2.18. The van der Waals surface area contributed by atoms with Crippen LogP contribution in [-0.2, 0) is 4.79 Å². The quantitative estimate of drug-likeness (QED) is 0.638. The number of aliphatic hydroxyl groups excluding tert-OH is 1. The Morgan fingerprint density at radius 2 is 2.54 bits per heavy atom. The highest BCUT2D eigenvalue weighted by Gasteiger charge is 2.12. The van der Waals surface area contributed by atoms with Gasteiger partial charge in [0.1, 0.15) is 0 Å². The number of nitrogens with one attached hydrogen (secondary N) is 1. The average molecular weight is 183 g/mol. The van der Waals surface area contributed by atoms with Crippen molar-refractivity contribution >= 4 is 5.91 Å². The van der Waals surface area contributed by atoms with Crippen LogP contribution in [0.1, 0.15) is 32.6 Å². The molecule has 0 spiro atoms. The minimum absolute atomic E-state index is 0.101. The third-order valence-corrected chi connectivity index (χ3v) is 2.16. The summed E-state index contributed by atoms with van der Waals surface area (Å²) in [6.45, 7) is 1.79. The van der Waals surface area contributed by atoms with Crippen LogP contribution in [0, 0.1) is 0 Å². The zero-order valence-electron chi connectivity index (χ0n) is 7.99. The summed E-state index contributed by atoms with van der Waals surface area (Å²) in [5.41, 5.74) is 0. The fraction of sp³-hybridized carbons (Fsp3) is 0.700. The number of hydrogen-bond acceptors (Lipinski definition) is 2. The Hall–Kier alpha value is -0.830. The number of amides is 1. The summed E-state index contributed by atoms with van der Waals surface area (Å²) in [5.74, 6) is 0.101. The van der Waals surface area contributed by atoms with Gasteiger partial charge in [0, 0.05) is 12.5 Å². The van der Waals surface area contributed by atoms with Gasteiger partial charge in [-0.15, -0.1) is 0 Å². The molecule has 0 aromatic heterocycles. The Labute approximate surface area is 78.8 Å². The molecule has 0 aliphatic carbocycles. The lowest BCUT2D eigenvalue weighted by atomic mass is 10.0. The van der Waals surface area contributed by atoms with Gasteiger partial charge in [0.25, 0.3) is 0 Å². The summed E-state index contributed by atoms with van der Waals surface area (Å²) in [6, 6.07) is 0.181. The van der Waals surface area contributed by atoms with Crippen molar-refractivity contribution in [1.29, 1.82) is 0 Å². The molecule has 1 rings (SSSR count). The van der Waals surface area contributed by atoms with Gasteiger partial charge in [-0.2, -0.15) is 0 Å². The average Bonchev–Trinajstić information content (AvgIpc) is 2.03. The second-order valence-corrected chi connectivity index (χ2v) is 3.59. The molecule has 0 aromatic rings. The summed E-state index contributed by atoms with van der Waals surface area (Å²) in [4.78, 5) is 11.0. The molecule has 0 bridgehead atoms. The maximum absolute atomic E-state index is 11.0. The van der Waals surface area contributed by atoms with Crippen molar-refractivity contribution in [1.82, 2.24) is 5.32 Å². The first-order valence-corrected chi connectivity index (χ1v) is 4.82. The van der Waals surface area contributed by atoms with Crippen molar-refractivity contribution in [3.8, 4) is 0 Å². The maximum Gasteiger partial charge on any atom is 0.224 e. The number of carbonyl (C=O) groups is 1. The smallest absolute Gasteiger partial charge is 0.224 e. The lowest BCUT2D eigenvalue weighted by molar-refractivity contribution is -0.121. The standard InChI is InChI=1S/C10H17NO2/c1-8(12)4-2-5-9-6-3-7-10(13)11-9/h3,6,8-9,12H,2,4-5,7H2,1H3,(H,11,13)/t8?,9-/m0/s1. The molecule has 1 aliphatic heterocycles. The van der Waals surface area contributed by atoms with E-state index in [2.05, 4.69) is 5.32 Å². The van der Waals surface area contributed by atoms with Crippen LogP contribution in [0.2, 0.25) is 0 Å². The zero-order valence-corrected chi connectivity index (χ0v) is 7.99. The Bertz CT molecular complexity index is 199. The molecular weight excluding hydrogens is 166 g/mol. The van der Waals surface area contributed by atoms with Crippen molar-refractivity contribution in [3.63, 3.8) is 0 Å². The van der Waals surface area contributed by atoms with Crippen LogP contribution >= 0.6 is 0 Å². The largest absolute Gasteiger partial charge is 0.393 e. The maximum atomic E-state index is 11.0. The van der Waals surface area contributed by atoms with Crippen LogP contribution in [0.5, 0.6) is 0 Å². The van der Waals surface area contributed by atoms with Crippen LogP contribution < -0.4 is 5.32 Å². The van der Waals surface area contributed by atoms with E-state index in [-0.39, 0.29) is 18.1 Å². The zero-order chi connectivity index (χ0) is 9.68. The van der Waals surface area contributed by atoms with E-state index in [9.17, 15) is 4.79 Å². The molecule has 1 heterocycles. The van der Waals surface area contributed by atoms with Crippen LogP contribution in [0.25, 0.3) is 0 Å². The van der Waals surface area contributed by atoms with Crippen molar-refractivity contribution < 1.29 is 9.90 Å². The topological polar surface area (TPSA) is 49.3 Å². The van der Waals surface area contributed by atoms with Crippen molar-refractivity contribution in [2.75, 3.05) is 0 Å². The van der Waals surface area contributed by atoms with Gasteiger partial charge < -0.3 is 10.4 Å². The lowest BCUT2D eigenvalue weighted by Crippen LogP contribution is -2.35. The first-order valence-electron chi connectivity index (χ1n) is 4.82. The van der Waals surface area contributed by atoms with E-state index >= 15 is 0 Å². The van der Waals surface area contributed by atoms with E-state index in [0.29, 0.717) is 6.42 Å². The second kappa shape index (κ2) is 5.02. The van der Waals surface area contributed by atoms with E-state index < -0.39 is 0 Å². The third-order valence-electron chi connectivity index (χ3n) is 2.16. The van der Waals surface area contributed by atoms with E-state index in [1.54, 1.807) is 6.92 Å². The fourth-order valence-corrected chi connectivity index (χ4v) is 1.45. The van der Waals surface area contributed by atoms with Gasteiger partial charge in [-0.1, -0.05) is 12.2 Å². The molecule has 3 nitrogen and oxygen atoms in total. The number of aliphatic hydroxyl groups is 1. The molecule has 74 valence electrons. The molecule has 1 amide bonds. The fourth-order valence-electron chi connectivity index (χ4n) is 1.45. The first-order chi connectivity index (χ1) is 6.18. The van der Waals surface area contributed by atoms with E-state index in [4.69, 9.17) is 5.11 Å². The minimum atomic E-state index is -0.233. The highest BCUT2D eigenvalue weighted by atomic mass is 16.3. The molecule has 1 unspecified atom stereocenters. The molecule has 0 fully saturated rings. The summed E-state index contributed by atoms with van der Waals surface area (Å²) in [7, 11) is 0. The molecule has 3 heteroatoms. The van der Waals surface area contributed by atoms with E-state index in [1.165, 1.54) is 0 Å². The van der Waals surface area contributed by atoms with Crippen LogP contribution in [0.3, 0.4) is 0 Å². The molecular formula is C10H17NO2. The normalized spacial score (nSPS) is 24.2. The SMILES string of the molecule is CC(O)CCC[C@H]1C=CCC(=O)N1. The van der Waals surface area contributed by atoms with Crippen molar-refractivity contribution in [3.05, 3.63) is 12.2 Å². The number of rotatable bonds is 4. The van der Waals surface area contributed by atoms with Crippen molar-refractivity contribution in [2.24, 2.45) is 0 Å². The summed E-state index contributed by atoms with van der Waals surface area (Å²) < 4.78 is 0. The van der Waals surface area contributed by atoms with Gasteiger partial charge in [-0.05, 0) is 26.2 Å². The first kappa shape index (κ1) is 10.3. The van der Waals surface area contributed by atoms with Crippen molar-refractivity contribution in [2.45, 2.75) is 44.8 Å². The molecule has 2 N–H and O–H groups in total. The van der Waals surface area contributed by atoms with Crippen LogP contribution in [0.15, 0.2) is 12.2 Å². The van der Waals surface area contributed by atoms with Gasteiger partial charge in [-0.25, -0.2) is 0 Å². The molecule has 0 saturated carbocycles. The Morgan fingerprint density at radius 3 is 3.15 bits per heavy atom. The summed E-state index contributed by atoms with van der Waals surface area (Å²) >= 11 is 0. The highest BCUT2D eigenvalue weighted by molar-refractivity contribution is 5.79. The van der Waals surface area contributed by atoms with Gasteiger partial charge in [0.2, 0.25) is 5.91 Å². The molecule has 1 aliphatic rings. The second-order valence-electron chi connectivity index (χ2n) is 3.59. The minimum Gasteiger partial charge on any atom is -0.393 e. The number of hydrogen-bond donors (Lipinski definition) is 2. The third kappa shape index (κ3) is 4.08. The van der Waals surface area contributed by atoms with Gasteiger partial charge in [0.15, 0.2) is 0 Å². The summed E-state index contributed by atoms with van der Waals surface area (Å²) in [5, 5.41) is 11.9. The van der Waals surface area contributed by atoms with Gasteiger partial charge in [0.05, 0.1) is 6.10 Å². The predicted octanol–water partition coefficient (Wildman–Crippen LogP) is 0.982. The Kier molecular flexibility index (Phi) is 3.96. The monoisotopic (exact) mass is 183 g/mol.